The summed E-state index contributed by atoms with van der Waals surface area (Å²) in [7, 11) is 0. The number of ketones is 1. The summed E-state index contributed by atoms with van der Waals surface area (Å²) in [6.45, 7) is 13.3. The standard InChI is InChI=1S/C14H28O/c1-7-10-13(3,4)14(5,6)11-8-9-12(2)15/h7-11H2,1-6H3. The van der Waals surface area contributed by atoms with Crippen molar-refractivity contribution < 1.29 is 4.79 Å². The normalized spacial score (nSPS) is 12.9. The Labute approximate surface area is 95.6 Å². The van der Waals surface area contributed by atoms with E-state index in [1.54, 1.807) is 6.92 Å². The Morgan fingerprint density at radius 2 is 1.47 bits per heavy atom. The molecule has 0 heterocycles. The lowest BCUT2D eigenvalue weighted by molar-refractivity contribution is -0.117. The van der Waals surface area contributed by atoms with Crippen LogP contribution in [0.25, 0.3) is 0 Å². The van der Waals surface area contributed by atoms with Crippen molar-refractivity contribution >= 4 is 5.78 Å². The van der Waals surface area contributed by atoms with Crippen LogP contribution in [0.15, 0.2) is 0 Å². The quantitative estimate of drug-likeness (QED) is 0.603. The van der Waals surface area contributed by atoms with E-state index < -0.39 is 0 Å². The van der Waals surface area contributed by atoms with Crippen molar-refractivity contribution in [2.24, 2.45) is 10.8 Å². The summed E-state index contributed by atoms with van der Waals surface area (Å²) in [5.74, 6) is 0.319. The van der Waals surface area contributed by atoms with Crippen molar-refractivity contribution in [2.45, 2.75) is 73.6 Å². The highest BCUT2D eigenvalue weighted by Gasteiger charge is 2.35. The molecule has 0 aromatic rings. The molecule has 0 radical (unpaired) electrons. The van der Waals surface area contributed by atoms with E-state index in [-0.39, 0.29) is 0 Å². The second-order valence-corrected chi connectivity index (χ2v) is 6.07. The van der Waals surface area contributed by atoms with Gasteiger partial charge >= 0.3 is 0 Å². The summed E-state index contributed by atoms with van der Waals surface area (Å²) in [6, 6.07) is 0. The molecule has 0 rings (SSSR count). The van der Waals surface area contributed by atoms with Crippen molar-refractivity contribution in [3.05, 3.63) is 0 Å². The van der Waals surface area contributed by atoms with Crippen LogP contribution in [0.2, 0.25) is 0 Å². The van der Waals surface area contributed by atoms with E-state index in [4.69, 9.17) is 0 Å². The topological polar surface area (TPSA) is 17.1 Å². The average molecular weight is 212 g/mol. The second-order valence-electron chi connectivity index (χ2n) is 6.07. The zero-order chi connectivity index (χ0) is 12.1. The molecule has 0 atom stereocenters. The molecule has 1 heteroatoms. The predicted molar refractivity (Wildman–Crippen MR) is 67.0 cm³/mol. The Morgan fingerprint density at radius 3 is 1.87 bits per heavy atom. The highest BCUT2D eigenvalue weighted by atomic mass is 16.1. The molecule has 90 valence electrons. The van der Waals surface area contributed by atoms with Gasteiger partial charge in [0.1, 0.15) is 5.78 Å². The first-order valence-corrected chi connectivity index (χ1v) is 6.22. The van der Waals surface area contributed by atoms with Crippen LogP contribution in [0.1, 0.15) is 73.6 Å². The Hall–Kier alpha value is -0.330. The van der Waals surface area contributed by atoms with Crippen molar-refractivity contribution in [1.29, 1.82) is 0 Å². The molecule has 0 saturated heterocycles. The molecule has 15 heavy (non-hydrogen) atoms. The average Bonchev–Trinajstić information content (AvgIpc) is 2.02. The Morgan fingerprint density at radius 1 is 1.00 bits per heavy atom. The minimum Gasteiger partial charge on any atom is -0.300 e. The second kappa shape index (κ2) is 5.67. The third kappa shape index (κ3) is 4.81. The fraction of sp³-hybridized carbons (Fsp3) is 0.929. The van der Waals surface area contributed by atoms with Crippen LogP contribution in [0.4, 0.5) is 0 Å². The minimum atomic E-state index is 0.319. The first-order valence-electron chi connectivity index (χ1n) is 6.22. The van der Waals surface area contributed by atoms with Gasteiger partial charge in [-0.15, -0.1) is 0 Å². The van der Waals surface area contributed by atoms with Gasteiger partial charge in [0.15, 0.2) is 0 Å². The van der Waals surface area contributed by atoms with Gasteiger partial charge in [-0.2, -0.15) is 0 Å². The Balaban J connectivity index is 4.20. The van der Waals surface area contributed by atoms with Crippen LogP contribution in [-0.2, 0) is 4.79 Å². The fourth-order valence-electron chi connectivity index (χ4n) is 2.08. The summed E-state index contributed by atoms with van der Waals surface area (Å²) >= 11 is 0. The van der Waals surface area contributed by atoms with Gasteiger partial charge in [-0.25, -0.2) is 0 Å². The van der Waals surface area contributed by atoms with Gasteiger partial charge in [0.05, 0.1) is 0 Å². The molecular weight excluding hydrogens is 184 g/mol. The van der Waals surface area contributed by atoms with E-state index in [1.165, 1.54) is 12.8 Å². The van der Waals surface area contributed by atoms with Crippen molar-refractivity contribution in [1.82, 2.24) is 0 Å². The summed E-state index contributed by atoms with van der Waals surface area (Å²) < 4.78 is 0. The molecule has 0 aliphatic carbocycles. The Kier molecular flexibility index (Phi) is 5.55. The highest BCUT2D eigenvalue weighted by Crippen LogP contribution is 2.45. The van der Waals surface area contributed by atoms with E-state index in [2.05, 4.69) is 34.6 Å². The third-order valence-electron chi connectivity index (χ3n) is 4.04. The molecule has 0 fully saturated rings. The van der Waals surface area contributed by atoms with Crippen LogP contribution in [-0.4, -0.2) is 5.78 Å². The largest absolute Gasteiger partial charge is 0.300 e. The number of hydrogen-bond donors (Lipinski definition) is 0. The Bertz CT molecular complexity index is 201. The van der Waals surface area contributed by atoms with Crippen LogP contribution in [0.3, 0.4) is 0 Å². The maximum atomic E-state index is 10.9. The molecule has 0 N–H and O–H groups in total. The van der Waals surface area contributed by atoms with Gasteiger partial charge in [-0.3, -0.25) is 0 Å². The van der Waals surface area contributed by atoms with Crippen LogP contribution < -0.4 is 0 Å². The van der Waals surface area contributed by atoms with Gasteiger partial charge in [0.2, 0.25) is 0 Å². The zero-order valence-electron chi connectivity index (χ0n) is 11.4. The first-order chi connectivity index (χ1) is 6.73. The van der Waals surface area contributed by atoms with Crippen LogP contribution in [0, 0.1) is 10.8 Å². The number of carbonyl (C=O) groups excluding carboxylic acids is 1. The lowest BCUT2D eigenvalue weighted by atomic mass is 9.63. The van der Waals surface area contributed by atoms with Gasteiger partial charge in [-0.05, 0) is 37.0 Å². The predicted octanol–water partition coefficient (Wildman–Crippen LogP) is 4.60. The van der Waals surface area contributed by atoms with Gasteiger partial charge in [0, 0.05) is 6.42 Å². The molecule has 0 saturated carbocycles. The molecule has 0 amide bonds. The van der Waals surface area contributed by atoms with Gasteiger partial charge in [0.25, 0.3) is 0 Å². The molecular formula is C14H28O. The molecule has 0 aromatic carbocycles. The summed E-state index contributed by atoms with van der Waals surface area (Å²) in [4.78, 5) is 10.9. The molecule has 0 aliphatic heterocycles. The van der Waals surface area contributed by atoms with Crippen molar-refractivity contribution in [3.63, 3.8) is 0 Å². The highest BCUT2D eigenvalue weighted by molar-refractivity contribution is 5.75. The van der Waals surface area contributed by atoms with Gasteiger partial charge in [-0.1, -0.05) is 41.0 Å². The molecule has 1 nitrogen and oxygen atoms in total. The number of hydrogen-bond acceptors (Lipinski definition) is 1. The maximum Gasteiger partial charge on any atom is 0.129 e. The SMILES string of the molecule is CCCC(C)(C)C(C)(C)CCCC(C)=O. The van der Waals surface area contributed by atoms with Crippen molar-refractivity contribution in [2.75, 3.05) is 0 Å². The van der Waals surface area contributed by atoms with Gasteiger partial charge < -0.3 is 4.79 Å². The lowest BCUT2D eigenvalue weighted by Gasteiger charge is -2.42. The van der Waals surface area contributed by atoms with Crippen molar-refractivity contribution in [3.8, 4) is 0 Å². The van der Waals surface area contributed by atoms with E-state index in [0.29, 0.717) is 16.6 Å². The zero-order valence-corrected chi connectivity index (χ0v) is 11.4. The fourth-order valence-corrected chi connectivity index (χ4v) is 2.08. The lowest BCUT2D eigenvalue weighted by Crippen LogP contribution is -2.32. The maximum absolute atomic E-state index is 10.9. The monoisotopic (exact) mass is 212 g/mol. The number of rotatable bonds is 7. The number of carbonyl (C=O) groups is 1. The summed E-state index contributed by atoms with van der Waals surface area (Å²) in [5, 5.41) is 0. The smallest absolute Gasteiger partial charge is 0.129 e. The van der Waals surface area contributed by atoms with Crippen LogP contribution in [0.5, 0.6) is 0 Å². The third-order valence-corrected chi connectivity index (χ3v) is 4.04. The van der Waals surface area contributed by atoms with Crippen LogP contribution >= 0.6 is 0 Å². The number of Topliss-reactive ketones (excluding diaryl/α,β-unsaturated/α-hetero) is 1. The van der Waals surface area contributed by atoms with E-state index in [0.717, 1.165) is 19.3 Å². The summed E-state index contributed by atoms with van der Waals surface area (Å²) in [5.41, 5.74) is 0.705. The van der Waals surface area contributed by atoms with E-state index in [1.807, 2.05) is 0 Å². The molecule has 0 bridgehead atoms. The molecule has 0 unspecified atom stereocenters. The molecule has 0 aliphatic rings. The minimum absolute atomic E-state index is 0.319. The first kappa shape index (κ1) is 14.7. The van der Waals surface area contributed by atoms with E-state index in [9.17, 15) is 4.79 Å². The molecule has 0 spiro atoms. The summed E-state index contributed by atoms with van der Waals surface area (Å²) in [6.07, 6.45) is 5.43. The molecule has 0 aromatic heterocycles. The van der Waals surface area contributed by atoms with E-state index >= 15 is 0 Å².